The first kappa shape index (κ1) is 14.7. The van der Waals surface area contributed by atoms with Gasteiger partial charge in [-0.15, -0.1) is 0 Å². The molecule has 20 heavy (non-hydrogen) atoms. The van der Waals surface area contributed by atoms with Crippen molar-refractivity contribution in [1.29, 1.82) is 0 Å². The summed E-state index contributed by atoms with van der Waals surface area (Å²) in [6.45, 7) is 8.83. The first-order valence-electron chi connectivity index (χ1n) is 7.38. The number of rotatable bonds is 4. The van der Waals surface area contributed by atoms with E-state index in [0.717, 1.165) is 24.2 Å². The molecule has 0 bridgehead atoms. The summed E-state index contributed by atoms with van der Waals surface area (Å²) >= 11 is 0. The third-order valence-corrected chi connectivity index (χ3v) is 4.90. The largest absolute Gasteiger partial charge is 0.409 e. The predicted molar refractivity (Wildman–Crippen MR) is 83.5 cm³/mol. The number of oxime groups is 1. The lowest BCUT2D eigenvalue weighted by molar-refractivity contribution is 0.301. The molecule has 4 nitrogen and oxygen atoms in total. The van der Waals surface area contributed by atoms with Crippen molar-refractivity contribution in [3.05, 3.63) is 29.3 Å². The number of aryl methyl sites for hydroxylation is 1. The first-order valence-corrected chi connectivity index (χ1v) is 7.38. The van der Waals surface area contributed by atoms with Crippen molar-refractivity contribution in [2.75, 3.05) is 18.0 Å². The van der Waals surface area contributed by atoms with Gasteiger partial charge >= 0.3 is 0 Å². The van der Waals surface area contributed by atoms with Gasteiger partial charge in [0.15, 0.2) is 5.84 Å². The van der Waals surface area contributed by atoms with E-state index in [2.05, 4.69) is 36.0 Å². The van der Waals surface area contributed by atoms with E-state index in [1.807, 2.05) is 13.0 Å². The monoisotopic (exact) mass is 275 g/mol. The highest BCUT2D eigenvalue weighted by Gasteiger charge is 2.34. The lowest BCUT2D eigenvalue weighted by Crippen LogP contribution is -2.26. The summed E-state index contributed by atoms with van der Waals surface area (Å²) in [5.74, 6) is 0.173. The molecule has 0 spiro atoms. The minimum Gasteiger partial charge on any atom is -0.409 e. The lowest BCUT2D eigenvalue weighted by atomic mass is 9.82. The zero-order valence-electron chi connectivity index (χ0n) is 12.7. The van der Waals surface area contributed by atoms with Crippen LogP contribution in [-0.4, -0.2) is 24.1 Å². The minimum atomic E-state index is 0.173. The molecule has 1 fully saturated rings. The van der Waals surface area contributed by atoms with Crippen LogP contribution in [0.1, 0.15) is 44.2 Å². The Hall–Kier alpha value is -1.71. The molecule has 1 aromatic carbocycles. The van der Waals surface area contributed by atoms with Crippen molar-refractivity contribution in [3.63, 3.8) is 0 Å². The van der Waals surface area contributed by atoms with Crippen LogP contribution in [0.25, 0.3) is 0 Å². The van der Waals surface area contributed by atoms with E-state index < -0.39 is 0 Å². The molecule has 1 heterocycles. The molecule has 1 aromatic rings. The van der Waals surface area contributed by atoms with Gasteiger partial charge in [-0.05, 0) is 55.4 Å². The van der Waals surface area contributed by atoms with Crippen molar-refractivity contribution in [3.8, 4) is 0 Å². The van der Waals surface area contributed by atoms with Gasteiger partial charge in [0.05, 0.1) is 0 Å². The van der Waals surface area contributed by atoms with Gasteiger partial charge in [0.2, 0.25) is 0 Å². The van der Waals surface area contributed by atoms with Gasteiger partial charge in [0.25, 0.3) is 0 Å². The molecule has 0 radical (unpaired) electrons. The lowest BCUT2D eigenvalue weighted by Gasteiger charge is -2.27. The van der Waals surface area contributed by atoms with Gasteiger partial charge in [-0.2, -0.15) is 0 Å². The second kappa shape index (κ2) is 5.73. The number of anilines is 1. The van der Waals surface area contributed by atoms with Crippen molar-refractivity contribution >= 4 is 11.5 Å². The highest BCUT2D eigenvalue weighted by molar-refractivity contribution is 5.98. The number of amidine groups is 1. The number of hydrogen-bond donors (Lipinski definition) is 2. The molecule has 0 aromatic heterocycles. The maximum absolute atomic E-state index is 8.78. The molecule has 0 atom stereocenters. The fourth-order valence-corrected chi connectivity index (χ4v) is 3.17. The summed E-state index contributed by atoms with van der Waals surface area (Å²) in [5.41, 5.74) is 9.22. The van der Waals surface area contributed by atoms with Gasteiger partial charge in [-0.1, -0.05) is 19.0 Å². The van der Waals surface area contributed by atoms with E-state index in [4.69, 9.17) is 10.9 Å². The van der Waals surface area contributed by atoms with Crippen LogP contribution in [0.2, 0.25) is 0 Å². The second-order valence-corrected chi connectivity index (χ2v) is 5.86. The van der Waals surface area contributed by atoms with E-state index in [0.29, 0.717) is 5.41 Å². The van der Waals surface area contributed by atoms with Crippen LogP contribution >= 0.6 is 0 Å². The summed E-state index contributed by atoms with van der Waals surface area (Å²) in [4.78, 5) is 2.45. The van der Waals surface area contributed by atoms with Crippen molar-refractivity contribution < 1.29 is 5.21 Å². The Kier molecular flexibility index (Phi) is 4.21. The summed E-state index contributed by atoms with van der Waals surface area (Å²) in [6.07, 6.45) is 3.74. The fraction of sp³-hybridized carbons (Fsp3) is 0.562. The molecule has 0 amide bonds. The summed E-state index contributed by atoms with van der Waals surface area (Å²) in [7, 11) is 0. The SMILES string of the molecule is CCC1(CC)CCN(c2ccc(/C(N)=N/O)c(C)c2)C1. The molecular formula is C16H25N3O. The Morgan fingerprint density at radius 2 is 2.10 bits per heavy atom. The van der Waals surface area contributed by atoms with E-state index >= 15 is 0 Å². The Morgan fingerprint density at radius 3 is 2.60 bits per heavy atom. The number of benzene rings is 1. The molecule has 110 valence electrons. The molecule has 3 N–H and O–H groups in total. The molecule has 0 unspecified atom stereocenters. The average molecular weight is 275 g/mol. The zero-order valence-corrected chi connectivity index (χ0v) is 12.7. The molecule has 1 saturated heterocycles. The van der Waals surface area contributed by atoms with Crippen LogP contribution < -0.4 is 10.6 Å². The Morgan fingerprint density at radius 1 is 1.40 bits per heavy atom. The molecule has 1 aliphatic rings. The maximum atomic E-state index is 8.78. The Labute approximate surface area is 121 Å². The highest BCUT2D eigenvalue weighted by Crippen LogP contribution is 2.39. The van der Waals surface area contributed by atoms with Gasteiger partial charge in [-0.3, -0.25) is 0 Å². The average Bonchev–Trinajstić information content (AvgIpc) is 2.91. The molecule has 1 aliphatic heterocycles. The number of hydrogen-bond acceptors (Lipinski definition) is 3. The summed E-state index contributed by atoms with van der Waals surface area (Å²) in [5, 5.41) is 11.9. The normalized spacial score (nSPS) is 18.6. The molecule has 0 saturated carbocycles. The predicted octanol–water partition coefficient (Wildman–Crippen LogP) is 3.11. The van der Waals surface area contributed by atoms with E-state index in [-0.39, 0.29) is 5.84 Å². The number of nitrogens with zero attached hydrogens (tertiary/aromatic N) is 2. The quantitative estimate of drug-likeness (QED) is 0.384. The fourth-order valence-electron chi connectivity index (χ4n) is 3.17. The highest BCUT2D eigenvalue weighted by atomic mass is 16.4. The van der Waals surface area contributed by atoms with Gasteiger partial charge in [0, 0.05) is 24.3 Å². The second-order valence-electron chi connectivity index (χ2n) is 5.86. The van der Waals surface area contributed by atoms with Crippen LogP contribution in [0, 0.1) is 12.3 Å². The molecular weight excluding hydrogens is 250 g/mol. The van der Waals surface area contributed by atoms with Crippen LogP contribution in [0.5, 0.6) is 0 Å². The molecule has 0 aliphatic carbocycles. The standard InChI is InChI=1S/C16H25N3O/c1-4-16(5-2)8-9-19(11-16)13-6-7-14(12(3)10-13)15(17)18-20/h6-7,10,20H,4-5,8-9,11H2,1-3H3,(H2,17,18). The van der Waals surface area contributed by atoms with Crippen molar-refractivity contribution in [2.45, 2.75) is 40.0 Å². The van der Waals surface area contributed by atoms with E-state index in [1.54, 1.807) is 0 Å². The van der Waals surface area contributed by atoms with E-state index in [1.165, 1.54) is 24.9 Å². The Bertz CT molecular complexity index is 506. The van der Waals surface area contributed by atoms with Crippen molar-refractivity contribution in [1.82, 2.24) is 0 Å². The van der Waals surface area contributed by atoms with Crippen LogP contribution in [0.15, 0.2) is 23.4 Å². The molecule has 4 heteroatoms. The van der Waals surface area contributed by atoms with Crippen LogP contribution in [-0.2, 0) is 0 Å². The van der Waals surface area contributed by atoms with Gasteiger partial charge in [0.1, 0.15) is 0 Å². The topological polar surface area (TPSA) is 61.8 Å². The summed E-state index contributed by atoms with van der Waals surface area (Å²) in [6, 6.07) is 6.15. The van der Waals surface area contributed by atoms with Crippen LogP contribution in [0.3, 0.4) is 0 Å². The van der Waals surface area contributed by atoms with E-state index in [9.17, 15) is 0 Å². The maximum Gasteiger partial charge on any atom is 0.170 e. The third kappa shape index (κ3) is 2.60. The first-order chi connectivity index (χ1) is 9.55. The van der Waals surface area contributed by atoms with Gasteiger partial charge < -0.3 is 15.8 Å². The number of nitrogens with two attached hydrogens (primary N) is 1. The summed E-state index contributed by atoms with van der Waals surface area (Å²) < 4.78 is 0. The van der Waals surface area contributed by atoms with Crippen molar-refractivity contribution in [2.24, 2.45) is 16.3 Å². The Balaban J connectivity index is 2.22. The third-order valence-electron chi connectivity index (χ3n) is 4.90. The zero-order chi connectivity index (χ0) is 14.8. The smallest absolute Gasteiger partial charge is 0.170 e. The van der Waals surface area contributed by atoms with Gasteiger partial charge in [-0.25, -0.2) is 0 Å². The molecule has 2 rings (SSSR count). The van der Waals surface area contributed by atoms with Crippen LogP contribution in [0.4, 0.5) is 5.69 Å². The minimum absolute atomic E-state index is 0.173.